The van der Waals surface area contributed by atoms with Crippen LogP contribution in [0.2, 0.25) is 0 Å². The summed E-state index contributed by atoms with van der Waals surface area (Å²) in [5, 5.41) is 35.5. The largest absolute Gasteiger partial charge is 0.477 e. The molecule has 2 aromatic heterocycles. The Hall–Kier alpha value is -4.47. The van der Waals surface area contributed by atoms with Crippen LogP contribution in [0.3, 0.4) is 0 Å². The SMILES string of the molecule is CO/N=C(\C(=O)NC1C(=O)N2C(C(=O)O)=C(/C=C/Sc3n[nH]c(=O)c(=O)n3CC(=O)NCCO)CSC12)c1csc(N)n1. The lowest BCUT2D eigenvalue weighted by molar-refractivity contribution is -0.150. The van der Waals surface area contributed by atoms with Crippen molar-refractivity contribution in [2.75, 3.05) is 31.7 Å². The predicted molar refractivity (Wildman–Crippen MR) is 154 cm³/mol. The number of β-lactam (4-membered cyclic amide) rings is 1. The van der Waals surface area contributed by atoms with E-state index in [9.17, 15) is 33.9 Å². The van der Waals surface area contributed by atoms with Crippen molar-refractivity contribution in [1.82, 2.24) is 35.3 Å². The maximum absolute atomic E-state index is 13.0. The molecule has 4 heterocycles. The number of nitrogen functional groups attached to an aromatic ring is 1. The third-order valence-electron chi connectivity index (χ3n) is 5.75. The number of nitrogens with two attached hydrogens (primary N) is 1. The van der Waals surface area contributed by atoms with Gasteiger partial charge in [-0.2, -0.15) is 0 Å². The van der Waals surface area contributed by atoms with Crippen molar-refractivity contribution in [3.05, 3.63) is 54.5 Å². The summed E-state index contributed by atoms with van der Waals surface area (Å²) in [4.78, 5) is 84.0. The van der Waals surface area contributed by atoms with Crippen molar-refractivity contribution in [3.63, 3.8) is 0 Å². The van der Waals surface area contributed by atoms with Crippen molar-refractivity contribution in [3.8, 4) is 0 Å². The average Bonchev–Trinajstić information content (AvgIpc) is 3.41. The second kappa shape index (κ2) is 13.7. The van der Waals surface area contributed by atoms with Gasteiger partial charge in [0.25, 0.3) is 11.8 Å². The monoisotopic (exact) mass is 653 g/mol. The van der Waals surface area contributed by atoms with Crippen molar-refractivity contribution in [1.29, 1.82) is 0 Å². The molecule has 43 heavy (non-hydrogen) atoms. The number of carbonyl (C=O) groups excluding carboxylic acids is 3. The number of aromatic amines is 1. The summed E-state index contributed by atoms with van der Waals surface area (Å²) in [7, 11) is 1.23. The van der Waals surface area contributed by atoms with Crippen LogP contribution in [0, 0.1) is 0 Å². The molecule has 0 spiro atoms. The first kappa shape index (κ1) is 31.5. The minimum atomic E-state index is -1.38. The Bertz CT molecular complexity index is 1660. The molecule has 4 rings (SSSR count). The van der Waals surface area contributed by atoms with E-state index in [4.69, 9.17) is 15.7 Å². The maximum atomic E-state index is 13.0. The van der Waals surface area contributed by atoms with Crippen LogP contribution in [0.5, 0.6) is 0 Å². The van der Waals surface area contributed by atoms with E-state index >= 15 is 0 Å². The molecule has 2 aliphatic heterocycles. The minimum Gasteiger partial charge on any atom is -0.477 e. The number of oxime groups is 1. The molecule has 0 saturated carbocycles. The van der Waals surface area contributed by atoms with Gasteiger partial charge in [0.2, 0.25) is 5.91 Å². The third-order valence-corrected chi connectivity index (χ3v) is 8.52. The van der Waals surface area contributed by atoms with Crippen molar-refractivity contribution < 1.29 is 34.2 Å². The van der Waals surface area contributed by atoms with E-state index in [0.717, 1.165) is 32.6 Å². The number of aliphatic carboxylic acids is 1. The highest BCUT2D eigenvalue weighted by molar-refractivity contribution is 8.02. The number of rotatable bonds is 12. The Morgan fingerprint density at radius 2 is 2.12 bits per heavy atom. The van der Waals surface area contributed by atoms with Crippen LogP contribution in [-0.4, -0.2) is 102 Å². The number of nitrogens with zero attached hydrogens (tertiary/aromatic N) is 5. The molecule has 1 saturated heterocycles. The van der Waals surface area contributed by atoms with Crippen molar-refractivity contribution >= 4 is 69.4 Å². The van der Waals surface area contributed by atoms with Crippen LogP contribution >= 0.6 is 34.9 Å². The molecular formula is C22H23N9O9S3. The van der Waals surface area contributed by atoms with Gasteiger partial charge in [0.1, 0.15) is 36.5 Å². The van der Waals surface area contributed by atoms with Gasteiger partial charge in [0.05, 0.1) is 6.61 Å². The number of thioether (sulfide) groups is 2. The molecular weight excluding hydrogens is 630 g/mol. The number of aromatic nitrogens is 4. The van der Waals surface area contributed by atoms with Gasteiger partial charge < -0.3 is 31.4 Å². The maximum Gasteiger partial charge on any atom is 0.352 e. The molecule has 21 heteroatoms. The molecule has 0 bridgehead atoms. The number of aliphatic hydroxyl groups excluding tert-OH is 1. The quantitative estimate of drug-likeness (QED) is 0.0454. The van der Waals surface area contributed by atoms with Gasteiger partial charge >= 0.3 is 17.1 Å². The number of aliphatic hydroxyl groups is 1. The van der Waals surface area contributed by atoms with Gasteiger partial charge in [-0.3, -0.25) is 33.4 Å². The number of hydrogen-bond donors (Lipinski definition) is 6. The first-order chi connectivity index (χ1) is 20.6. The van der Waals surface area contributed by atoms with Crippen molar-refractivity contribution in [2.24, 2.45) is 5.16 Å². The zero-order valence-electron chi connectivity index (χ0n) is 22.0. The number of carboxylic acid groups (broad SMARTS) is 1. The van der Waals surface area contributed by atoms with E-state index in [1.807, 2.05) is 5.10 Å². The van der Waals surface area contributed by atoms with E-state index in [0.29, 0.717) is 0 Å². The molecule has 7 N–H and O–H groups in total. The van der Waals surface area contributed by atoms with E-state index in [1.54, 1.807) is 0 Å². The highest BCUT2D eigenvalue weighted by atomic mass is 32.2. The fraction of sp³-hybridized carbons (Fsp3) is 0.318. The fourth-order valence-corrected chi connectivity index (χ4v) is 6.48. The number of thiazole rings is 1. The molecule has 2 atom stereocenters. The van der Waals surface area contributed by atoms with E-state index in [2.05, 4.69) is 25.9 Å². The molecule has 228 valence electrons. The first-order valence-corrected chi connectivity index (χ1v) is 14.8. The van der Waals surface area contributed by atoms with Gasteiger partial charge in [-0.05, 0) is 17.1 Å². The zero-order chi connectivity index (χ0) is 31.3. The van der Waals surface area contributed by atoms with E-state index in [1.165, 1.54) is 35.7 Å². The lowest BCUT2D eigenvalue weighted by Gasteiger charge is -2.49. The predicted octanol–water partition coefficient (Wildman–Crippen LogP) is -2.53. The highest BCUT2D eigenvalue weighted by Crippen LogP contribution is 2.41. The Labute approximate surface area is 253 Å². The number of amides is 3. The molecule has 0 radical (unpaired) electrons. The van der Waals surface area contributed by atoms with Gasteiger partial charge in [-0.25, -0.2) is 14.9 Å². The second-order valence-corrected chi connectivity index (χ2v) is 11.3. The molecule has 0 aromatic carbocycles. The lowest BCUT2D eigenvalue weighted by Crippen LogP contribution is -2.71. The average molecular weight is 654 g/mol. The highest BCUT2D eigenvalue weighted by Gasteiger charge is 2.54. The van der Waals surface area contributed by atoms with Crippen LogP contribution in [0.25, 0.3) is 0 Å². The lowest BCUT2D eigenvalue weighted by atomic mass is 10.0. The van der Waals surface area contributed by atoms with Crippen LogP contribution < -0.4 is 27.5 Å². The van der Waals surface area contributed by atoms with Crippen LogP contribution in [0.15, 0.2) is 48.0 Å². The number of allylic oxidation sites excluding steroid dienone is 1. The molecule has 2 aromatic rings. The number of H-pyrrole nitrogens is 1. The summed E-state index contributed by atoms with van der Waals surface area (Å²) in [6.45, 7) is -0.926. The summed E-state index contributed by atoms with van der Waals surface area (Å²) < 4.78 is 0.825. The van der Waals surface area contributed by atoms with Crippen LogP contribution in [0.4, 0.5) is 5.13 Å². The molecule has 2 unspecified atom stereocenters. The summed E-state index contributed by atoms with van der Waals surface area (Å²) in [6, 6.07) is -1.05. The number of nitrogens with one attached hydrogen (secondary N) is 3. The zero-order valence-corrected chi connectivity index (χ0v) is 24.5. The summed E-state index contributed by atoms with van der Waals surface area (Å²) >= 11 is 3.10. The van der Waals surface area contributed by atoms with Gasteiger partial charge in [0, 0.05) is 17.7 Å². The number of hydrogen-bond acceptors (Lipinski definition) is 15. The normalized spacial score (nSPS) is 18.3. The van der Waals surface area contributed by atoms with Gasteiger partial charge in [0.15, 0.2) is 16.0 Å². The Kier molecular flexibility index (Phi) is 10.0. The number of carbonyl (C=O) groups is 4. The number of fused-ring (bicyclic) bond motifs is 1. The summed E-state index contributed by atoms with van der Waals surface area (Å²) in [5.74, 6) is -3.32. The van der Waals surface area contributed by atoms with E-state index < -0.39 is 52.8 Å². The standard InChI is InChI=1S/C22H23N9O9S3/c1-40-29-12(10-8-43-21(23)25-10)15(34)26-13-17(36)31-14(20(38)39)9(7-42-19(13)31)2-5-41-22-28-27-16(35)18(37)30(22)6-11(33)24-3-4-32/h2,5,8,13,19,32H,3-4,6-7H2,1H3,(H2,23,25)(H,24,33)(H,26,34)(H,27,35)(H,38,39)/b5-2+,29-12-. The first-order valence-electron chi connectivity index (χ1n) is 12.0. The fourth-order valence-electron chi connectivity index (χ4n) is 3.89. The molecule has 0 aliphatic carbocycles. The number of anilines is 1. The van der Waals surface area contributed by atoms with E-state index in [-0.39, 0.29) is 51.9 Å². The summed E-state index contributed by atoms with van der Waals surface area (Å²) in [6.07, 6.45) is 1.40. The van der Waals surface area contributed by atoms with Crippen LogP contribution in [0.1, 0.15) is 5.69 Å². The van der Waals surface area contributed by atoms with Crippen LogP contribution in [-0.2, 0) is 30.6 Å². The smallest absolute Gasteiger partial charge is 0.352 e. The Balaban J connectivity index is 1.51. The van der Waals surface area contributed by atoms with Gasteiger partial charge in [-0.1, -0.05) is 16.9 Å². The second-order valence-electron chi connectivity index (χ2n) is 8.45. The number of carboxylic acids is 1. The Morgan fingerprint density at radius 3 is 2.77 bits per heavy atom. The third kappa shape index (κ3) is 6.79. The molecule has 18 nitrogen and oxygen atoms in total. The topological polar surface area (TPSA) is 264 Å². The molecule has 1 fully saturated rings. The Morgan fingerprint density at radius 1 is 1.35 bits per heavy atom. The van der Waals surface area contributed by atoms with Gasteiger partial charge in [-0.15, -0.1) is 28.2 Å². The van der Waals surface area contributed by atoms with Crippen molar-refractivity contribution in [2.45, 2.75) is 23.1 Å². The minimum absolute atomic E-state index is 0.0556. The molecule has 3 amide bonds. The summed E-state index contributed by atoms with van der Waals surface area (Å²) in [5.41, 5.74) is 3.42. The molecule has 2 aliphatic rings.